The van der Waals surface area contributed by atoms with E-state index in [0.717, 1.165) is 87.4 Å². The minimum atomic E-state index is -4.09. The number of nitrogens with one attached hydrogen (secondary N) is 1. The molecule has 1 aliphatic heterocycles. The number of halogens is 4. The normalized spacial score (nSPS) is 17.6. The van der Waals surface area contributed by atoms with Crippen LogP contribution in [-0.2, 0) is 27.5 Å². The maximum Gasteiger partial charge on any atom is 0.395 e. The monoisotopic (exact) mass is 743 g/mol. The Balaban J connectivity index is 0.00000462. The number of nitrogens with two attached hydrogens (primary N) is 1. The maximum absolute atomic E-state index is 14.9. The molecule has 1 saturated carbocycles. The van der Waals surface area contributed by atoms with Crippen LogP contribution in [0.2, 0.25) is 0 Å². The van der Waals surface area contributed by atoms with E-state index in [1.807, 2.05) is 30.0 Å². The zero-order valence-electron chi connectivity index (χ0n) is 24.0. The van der Waals surface area contributed by atoms with Gasteiger partial charge in [-0.2, -0.15) is 26.5 Å². The first-order chi connectivity index (χ1) is 19.1. The first-order valence-electron chi connectivity index (χ1n) is 14.6. The van der Waals surface area contributed by atoms with E-state index in [-0.39, 0.29) is 46.3 Å². The van der Waals surface area contributed by atoms with Crippen molar-refractivity contribution in [3.8, 4) is 11.1 Å². The van der Waals surface area contributed by atoms with Crippen molar-refractivity contribution in [1.82, 2.24) is 15.2 Å². The van der Waals surface area contributed by atoms with E-state index in [9.17, 15) is 17.6 Å². The van der Waals surface area contributed by atoms with Crippen LogP contribution in [0.25, 0.3) is 16.8 Å². The van der Waals surface area contributed by atoms with E-state index in [1.54, 1.807) is 12.3 Å². The van der Waals surface area contributed by atoms with Crippen LogP contribution in [0.15, 0.2) is 43.1 Å². The van der Waals surface area contributed by atoms with Crippen LogP contribution in [0.3, 0.4) is 0 Å². The van der Waals surface area contributed by atoms with Gasteiger partial charge in [0.15, 0.2) is 0 Å². The van der Waals surface area contributed by atoms with Gasteiger partial charge in [-0.05, 0) is 87.7 Å². The van der Waals surface area contributed by atoms with Crippen molar-refractivity contribution in [2.45, 2.75) is 77.3 Å². The molecule has 3 N–H and O–H groups in total. The number of likely N-dealkylation sites (tertiary alicyclic amines) is 1. The summed E-state index contributed by atoms with van der Waals surface area (Å²) in [5, 5.41) is 3.20. The summed E-state index contributed by atoms with van der Waals surface area (Å²) in [5.41, 5.74) is 7.85. The van der Waals surface area contributed by atoms with Gasteiger partial charge in [0.25, 0.3) is 0 Å². The summed E-state index contributed by atoms with van der Waals surface area (Å²) in [4.78, 5) is 6.63. The number of rotatable bonds is 13. The smallest absolute Gasteiger partial charge is 0.395 e. The first-order valence-corrected chi connectivity index (χ1v) is 14.6. The summed E-state index contributed by atoms with van der Waals surface area (Å²) in [6.45, 7) is 8.26. The molecule has 2 aromatic rings. The van der Waals surface area contributed by atoms with Crippen LogP contribution >= 0.6 is 0 Å². The van der Waals surface area contributed by atoms with Crippen molar-refractivity contribution in [3.05, 3.63) is 66.2 Å². The molecule has 0 radical (unpaired) electrons. The molecule has 4 rings (SSSR count). The Bertz CT molecular complexity index is 1110. The summed E-state index contributed by atoms with van der Waals surface area (Å²) >= 11 is 0. The predicted molar refractivity (Wildman–Crippen MR) is 153 cm³/mol. The van der Waals surface area contributed by atoms with Gasteiger partial charge in [0.1, 0.15) is 5.82 Å². The summed E-state index contributed by atoms with van der Waals surface area (Å²) < 4.78 is 55.4. The number of nitrogens with zero attached hydrogens (tertiary/aromatic N) is 2. The molecule has 4 nitrogen and oxygen atoms in total. The van der Waals surface area contributed by atoms with Crippen LogP contribution in [0.4, 0.5) is 17.6 Å². The number of aryl methyl sites for hydroxylation is 1. The minimum absolute atomic E-state index is 0. The van der Waals surface area contributed by atoms with E-state index < -0.39 is 11.6 Å². The SMILES string of the molecule is C=C(NCCCC[C-](C)N)c1ccc(-c2ccc(CCC3CCN(CC4(C(F)(F)F)CCC4)CC3)nc2)cc1F.[W]. The van der Waals surface area contributed by atoms with Crippen LogP contribution < -0.4 is 11.1 Å². The number of pyridine rings is 1. The van der Waals surface area contributed by atoms with E-state index >= 15 is 0 Å². The van der Waals surface area contributed by atoms with Gasteiger partial charge in [0.2, 0.25) is 0 Å². The number of aromatic nitrogens is 1. The third-order valence-corrected chi connectivity index (χ3v) is 8.74. The average molecular weight is 744 g/mol. The van der Waals surface area contributed by atoms with Crippen molar-refractivity contribution < 1.29 is 38.6 Å². The Hall–Kier alpha value is -1.76. The van der Waals surface area contributed by atoms with Crippen LogP contribution in [-0.4, -0.2) is 42.2 Å². The molecule has 2 fully saturated rings. The van der Waals surface area contributed by atoms with Gasteiger partial charge in [-0.3, -0.25) is 11.0 Å². The fraction of sp³-hybridized carbons (Fsp3) is 0.562. The molecular formula is C32H43F4N4W-. The standard InChI is InChI=1S/C32H43F4N4.W/c1-23(37)6-3-4-17-38-24(2)29-12-9-26(20-30(29)33)27-8-11-28(39-21-27)10-7-25-13-18-40(19-14-25)22-31(15-5-16-31)32(34,35)36;/h8-9,11-12,20-21,25,38H,2-7,10,13-19,22,37H2,1H3;/q-1;. The molecule has 1 aromatic heterocycles. The Kier molecular flexibility index (Phi) is 12.4. The Morgan fingerprint density at radius 3 is 2.41 bits per heavy atom. The van der Waals surface area contributed by atoms with Gasteiger partial charge in [-0.15, -0.1) is 0 Å². The van der Waals surface area contributed by atoms with E-state index in [0.29, 0.717) is 23.6 Å². The number of alkyl halides is 3. The van der Waals surface area contributed by atoms with Crippen LogP contribution in [0, 0.1) is 23.2 Å². The second-order valence-electron chi connectivity index (χ2n) is 11.8. The first kappa shape index (κ1) is 33.7. The quantitative estimate of drug-likeness (QED) is 0.127. The second-order valence-corrected chi connectivity index (χ2v) is 11.8. The Labute approximate surface area is 256 Å². The third-order valence-electron chi connectivity index (χ3n) is 8.74. The molecule has 226 valence electrons. The van der Waals surface area contributed by atoms with Crippen LogP contribution in [0.5, 0.6) is 0 Å². The van der Waals surface area contributed by atoms with Crippen LogP contribution in [0.1, 0.15) is 76.0 Å². The molecule has 0 amide bonds. The van der Waals surface area contributed by atoms with Gasteiger partial charge in [0, 0.05) is 62.9 Å². The minimum Gasteiger partial charge on any atom is -0.481 e. The van der Waals surface area contributed by atoms with Crippen molar-refractivity contribution in [2.75, 3.05) is 26.2 Å². The largest absolute Gasteiger partial charge is 0.481 e. The fourth-order valence-corrected chi connectivity index (χ4v) is 5.89. The molecule has 0 spiro atoms. The van der Waals surface area contributed by atoms with E-state index in [4.69, 9.17) is 5.73 Å². The van der Waals surface area contributed by atoms with E-state index in [1.165, 1.54) is 6.07 Å². The summed E-state index contributed by atoms with van der Waals surface area (Å²) in [6, 6.07) is 10.0. The molecule has 0 bridgehead atoms. The molecule has 2 heterocycles. The number of benzene rings is 1. The number of piperidine rings is 1. The molecule has 1 saturated heterocycles. The van der Waals surface area contributed by atoms with E-state index in [2.05, 4.69) is 16.9 Å². The van der Waals surface area contributed by atoms with Gasteiger partial charge in [0.05, 0.1) is 5.41 Å². The topological polar surface area (TPSA) is 54.2 Å². The fourth-order valence-electron chi connectivity index (χ4n) is 5.89. The zero-order valence-corrected chi connectivity index (χ0v) is 27.0. The predicted octanol–water partition coefficient (Wildman–Crippen LogP) is 7.50. The average Bonchev–Trinajstić information content (AvgIpc) is 2.89. The molecule has 1 aliphatic carbocycles. The summed E-state index contributed by atoms with van der Waals surface area (Å²) in [7, 11) is 0. The van der Waals surface area contributed by atoms with Crippen molar-refractivity contribution in [2.24, 2.45) is 17.1 Å². The van der Waals surface area contributed by atoms with Crippen molar-refractivity contribution in [3.63, 3.8) is 0 Å². The molecule has 0 atom stereocenters. The third kappa shape index (κ3) is 9.11. The van der Waals surface area contributed by atoms with Crippen molar-refractivity contribution >= 4 is 5.70 Å². The second kappa shape index (κ2) is 15.1. The maximum atomic E-state index is 14.9. The summed E-state index contributed by atoms with van der Waals surface area (Å²) in [6.07, 6.45) is 5.41. The number of hydrogen-bond acceptors (Lipinski definition) is 4. The van der Waals surface area contributed by atoms with Gasteiger partial charge in [-0.25, -0.2) is 4.39 Å². The number of hydrogen-bond donors (Lipinski definition) is 2. The van der Waals surface area contributed by atoms with Gasteiger partial charge >= 0.3 is 6.18 Å². The molecule has 41 heavy (non-hydrogen) atoms. The molecule has 9 heteroatoms. The Morgan fingerprint density at radius 2 is 1.85 bits per heavy atom. The number of unbranched alkanes of at least 4 members (excludes halogenated alkanes) is 1. The van der Waals surface area contributed by atoms with Gasteiger partial charge in [-0.1, -0.05) is 31.6 Å². The molecule has 1 aromatic carbocycles. The Morgan fingerprint density at radius 1 is 1.15 bits per heavy atom. The van der Waals surface area contributed by atoms with Crippen molar-refractivity contribution in [1.29, 1.82) is 0 Å². The molecule has 2 aliphatic rings. The zero-order chi connectivity index (χ0) is 28.8. The molecular weight excluding hydrogens is 700 g/mol. The summed E-state index contributed by atoms with van der Waals surface area (Å²) in [5.74, 6) is 0.183. The molecule has 0 unspecified atom stereocenters. The van der Waals surface area contributed by atoms with Gasteiger partial charge < -0.3 is 16.0 Å².